The molecule has 1 aliphatic carbocycles. The number of hydrogen-bond acceptors (Lipinski definition) is 5. The van der Waals surface area contributed by atoms with E-state index in [1.165, 1.54) is 6.07 Å². The molecule has 0 aromatic heterocycles. The van der Waals surface area contributed by atoms with Gasteiger partial charge in [-0.2, -0.15) is 0 Å². The lowest BCUT2D eigenvalue weighted by Crippen LogP contribution is -2.58. The Morgan fingerprint density at radius 2 is 1.97 bits per heavy atom. The summed E-state index contributed by atoms with van der Waals surface area (Å²) in [6.45, 7) is 5.80. The van der Waals surface area contributed by atoms with Gasteiger partial charge in [0.05, 0.1) is 17.5 Å². The fourth-order valence-corrected chi connectivity index (χ4v) is 7.04. The van der Waals surface area contributed by atoms with Gasteiger partial charge in [-0.15, -0.1) is 11.8 Å². The number of benzene rings is 1. The van der Waals surface area contributed by atoms with Gasteiger partial charge >= 0.3 is 0 Å². The smallest absolute Gasteiger partial charge is 0.246 e. The second-order valence-electron chi connectivity index (χ2n) is 10.3. The molecule has 0 radical (unpaired) electrons. The maximum Gasteiger partial charge on any atom is 0.246 e. The van der Waals surface area contributed by atoms with Crippen LogP contribution >= 0.6 is 11.8 Å². The van der Waals surface area contributed by atoms with Crippen LogP contribution in [0.4, 0.5) is 4.39 Å². The molecule has 2 saturated heterocycles. The summed E-state index contributed by atoms with van der Waals surface area (Å²) in [4.78, 5) is 41.6. The Morgan fingerprint density at radius 1 is 1.21 bits per heavy atom. The predicted octanol–water partition coefficient (Wildman–Crippen LogP) is 2.50. The zero-order valence-electron chi connectivity index (χ0n) is 20.3. The van der Waals surface area contributed by atoms with E-state index in [1.54, 1.807) is 42.8 Å². The van der Waals surface area contributed by atoms with E-state index in [0.29, 0.717) is 12.8 Å². The molecule has 1 aromatic rings. The van der Waals surface area contributed by atoms with Gasteiger partial charge < -0.3 is 20.9 Å². The summed E-state index contributed by atoms with van der Waals surface area (Å²) in [5, 5.41) is 8.87. The van der Waals surface area contributed by atoms with Crippen LogP contribution in [0.25, 0.3) is 0 Å². The lowest BCUT2D eigenvalue weighted by molar-refractivity contribution is -0.144. The van der Waals surface area contributed by atoms with Crippen LogP contribution in [0.3, 0.4) is 0 Å². The fourth-order valence-electron chi connectivity index (χ4n) is 5.46. The SMILES string of the molecule is CNC(C)C(=O)N[C@H]1CCS[C@H]2CC(C)(C)[C@@H](C(=O)N[C@@H]3CCCc4cc(F)ccc43)N2C1=O. The minimum Gasteiger partial charge on any atom is -0.347 e. The highest BCUT2D eigenvalue weighted by molar-refractivity contribution is 7.99. The molecule has 0 saturated carbocycles. The summed E-state index contributed by atoms with van der Waals surface area (Å²) in [7, 11) is 1.70. The van der Waals surface area contributed by atoms with E-state index >= 15 is 0 Å². The first kappa shape index (κ1) is 25.0. The molecule has 186 valence electrons. The zero-order valence-corrected chi connectivity index (χ0v) is 21.1. The average molecular weight is 491 g/mol. The topological polar surface area (TPSA) is 90.5 Å². The molecule has 9 heteroatoms. The monoisotopic (exact) mass is 490 g/mol. The molecule has 1 unspecified atom stereocenters. The summed E-state index contributed by atoms with van der Waals surface area (Å²) >= 11 is 1.68. The van der Waals surface area contributed by atoms with Gasteiger partial charge in [-0.05, 0) is 80.5 Å². The molecule has 3 amide bonds. The maximum atomic E-state index is 13.7. The fraction of sp³-hybridized carbons (Fsp3) is 0.640. The Hall–Kier alpha value is -2.13. The number of nitrogens with one attached hydrogen (secondary N) is 3. The molecule has 2 heterocycles. The van der Waals surface area contributed by atoms with Gasteiger partial charge in [0.2, 0.25) is 17.7 Å². The summed E-state index contributed by atoms with van der Waals surface area (Å²) in [5.41, 5.74) is 1.47. The van der Waals surface area contributed by atoms with Gasteiger partial charge in [0.1, 0.15) is 17.9 Å². The number of hydrogen-bond donors (Lipinski definition) is 3. The summed E-state index contributed by atoms with van der Waals surface area (Å²) in [6.07, 6.45) is 3.69. The highest BCUT2D eigenvalue weighted by Crippen LogP contribution is 2.46. The average Bonchev–Trinajstić information content (AvgIpc) is 2.98. The minimum absolute atomic E-state index is 0.102. The molecule has 4 rings (SSSR count). The van der Waals surface area contributed by atoms with Crippen molar-refractivity contribution in [3.8, 4) is 0 Å². The van der Waals surface area contributed by atoms with Crippen LogP contribution in [0, 0.1) is 11.2 Å². The largest absolute Gasteiger partial charge is 0.347 e. The number of rotatable bonds is 5. The van der Waals surface area contributed by atoms with E-state index in [-0.39, 0.29) is 35.0 Å². The van der Waals surface area contributed by atoms with Crippen molar-refractivity contribution < 1.29 is 18.8 Å². The molecule has 2 aliphatic heterocycles. The summed E-state index contributed by atoms with van der Waals surface area (Å²) < 4.78 is 13.7. The number of carbonyl (C=O) groups is 3. The molecule has 7 nitrogen and oxygen atoms in total. The van der Waals surface area contributed by atoms with Crippen molar-refractivity contribution in [2.45, 2.75) is 82.4 Å². The van der Waals surface area contributed by atoms with E-state index in [1.807, 2.05) is 13.8 Å². The Kier molecular flexibility index (Phi) is 7.24. The number of halogens is 1. The zero-order chi connectivity index (χ0) is 24.6. The summed E-state index contributed by atoms with van der Waals surface area (Å²) in [6, 6.07) is 2.85. The second-order valence-corrected chi connectivity index (χ2v) is 11.6. The molecule has 5 atom stereocenters. The number of thioether (sulfide) groups is 1. The first-order valence-corrected chi connectivity index (χ1v) is 13.2. The van der Waals surface area contributed by atoms with Gasteiger partial charge in [-0.3, -0.25) is 14.4 Å². The lowest BCUT2D eigenvalue weighted by Gasteiger charge is -2.36. The molecule has 1 aromatic carbocycles. The molecule has 3 N–H and O–H groups in total. The van der Waals surface area contributed by atoms with Crippen molar-refractivity contribution in [1.82, 2.24) is 20.9 Å². The quantitative estimate of drug-likeness (QED) is 0.590. The molecule has 0 bridgehead atoms. The van der Waals surface area contributed by atoms with Crippen LogP contribution in [0.1, 0.15) is 63.6 Å². The molecule has 3 aliphatic rings. The van der Waals surface area contributed by atoms with Crippen LogP contribution in [0.15, 0.2) is 18.2 Å². The standard InChI is InChI=1S/C25H35FN4O3S/c1-14(27-4)22(31)29-19-10-11-34-20-13-25(2,3)21(30(20)24(19)33)23(32)28-18-7-5-6-15-12-16(26)8-9-17(15)18/h8-9,12,14,18-21,27H,5-7,10-11,13H2,1-4H3,(H,28,32)(H,29,31)/t14?,18-,19+,20+,21-/m1/s1. The Balaban J connectivity index is 1.56. The molecular weight excluding hydrogens is 455 g/mol. The summed E-state index contributed by atoms with van der Waals surface area (Å²) in [5.74, 6) is -0.131. The highest BCUT2D eigenvalue weighted by Gasteiger charge is 2.54. The van der Waals surface area contributed by atoms with Gasteiger partial charge in [0.25, 0.3) is 0 Å². The van der Waals surface area contributed by atoms with Crippen molar-refractivity contribution >= 4 is 29.5 Å². The Morgan fingerprint density at radius 3 is 2.71 bits per heavy atom. The molecule has 2 fully saturated rings. The van der Waals surface area contributed by atoms with Crippen LogP contribution in [0.5, 0.6) is 0 Å². The molecular formula is C25H35FN4O3S. The van der Waals surface area contributed by atoms with Crippen molar-refractivity contribution in [2.24, 2.45) is 5.41 Å². The lowest BCUT2D eigenvalue weighted by atomic mass is 9.83. The van der Waals surface area contributed by atoms with Crippen molar-refractivity contribution in [3.63, 3.8) is 0 Å². The van der Waals surface area contributed by atoms with Gasteiger partial charge in [-0.25, -0.2) is 4.39 Å². The van der Waals surface area contributed by atoms with Crippen molar-refractivity contribution in [1.29, 1.82) is 0 Å². The third kappa shape index (κ3) is 4.82. The molecule has 0 spiro atoms. The Bertz CT molecular complexity index is 971. The van der Waals surface area contributed by atoms with Crippen LogP contribution in [-0.4, -0.2) is 58.9 Å². The van der Waals surface area contributed by atoms with E-state index < -0.39 is 23.5 Å². The number of nitrogens with zero attached hydrogens (tertiary/aromatic N) is 1. The first-order valence-electron chi connectivity index (χ1n) is 12.1. The van der Waals surface area contributed by atoms with Crippen LogP contribution < -0.4 is 16.0 Å². The second kappa shape index (κ2) is 9.85. The van der Waals surface area contributed by atoms with Gasteiger partial charge in [-0.1, -0.05) is 19.9 Å². The molecule has 34 heavy (non-hydrogen) atoms. The Labute approximate surface area is 205 Å². The predicted molar refractivity (Wildman–Crippen MR) is 131 cm³/mol. The van der Waals surface area contributed by atoms with E-state index in [2.05, 4.69) is 16.0 Å². The van der Waals surface area contributed by atoms with E-state index in [0.717, 1.165) is 36.1 Å². The third-order valence-electron chi connectivity index (χ3n) is 7.43. The van der Waals surface area contributed by atoms with Crippen molar-refractivity contribution in [3.05, 3.63) is 35.1 Å². The third-order valence-corrected chi connectivity index (χ3v) is 8.68. The maximum absolute atomic E-state index is 13.7. The van der Waals surface area contributed by atoms with E-state index in [9.17, 15) is 18.8 Å². The van der Waals surface area contributed by atoms with Crippen molar-refractivity contribution in [2.75, 3.05) is 12.8 Å². The number of fused-ring (bicyclic) bond motifs is 2. The highest BCUT2D eigenvalue weighted by atomic mass is 32.2. The number of amides is 3. The normalized spacial score (nSPS) is 29.0. The minimum atomic E-state index is -0.650. The van der Waals surface area contributed by atoms with Gasteiger partial charge in [0, 0.05) is 0 Å². The number of aryl methyl sites for hydroxylation is 1. The first-order chi connectivity index (χ1) is 16.1. The van der Waals surface area contributed by atoms with Gasteiger partial charge in [0.15, 0.2) is 0 Å². The number of carbonyl (C=O) groups excluding carboxylic acids is 3. The number of likely N-dealkylation sites (N-methyl/N-ethyl adjacent to an activating group) is 1. The van der Waals surface area contributed by atoms with Crippen LogP contribution in [-0.2, 0) is 20.8 Å². The van der Waals surface area contributed by atoms with E-state index in [4.69, 9.17) is 0 Å². The van der Waals surface area contributed by atoms with Crippen LogP contribution in [0.2, 0.25) is 0 Å².